The van der Waals surface area contributed by atoms with Crippen LogP contribution in [0.2, 0.25) is 0 Å². The molecule has 1 aliphatic heterocycles. The van der Waals surface area contributed by atoms with Gasteiger partial charge in [0.25, 0.3) is 10.0 Å². The van der Waals surface area contributed by atoms with E-state index >= 15 is 0 Å². The summed E-state index contributed by atoms with van der Waals surface area (Å²) in [6.07, 6.45) is 0. The number of rotatable bonds is 5. The van der Waals surface area contributed by atoms with Crippen LogP contribution in [0.25, 0.3) is 11.1 Å². The maximum absolute atomic E-state index is 13.0. The number of sulfonamides is 1. The molecule has 1 heterocycles. The molecule has 0 radical (unpaired) electrons. The smallest absolute Gasteiger partial charge is 0.359 e. The average molecular weight is 418 g/mol. The Bertz CT molecular complexity index is 1260. The molecule has 3 aromatic rings. The van der Waals surface area contributed by atoms with Crippen molar-refractivity contribution in [3.8, 4) is 11.1 Å². The standard InChI is InChI=1S/C23H18N2O4S/c1-2-29-23(26)22-21(19-10-6-7-11-20(19)24-22)25-30(27,28)18-14-12-17(13-15-18)16-8-4-3-5-9-16/h3-15H,2H2,1H3/b25-21+. The van der Waals surface area contributed by atoms with Crippen molar-refractivity contribution in [3.63, 3.8) is 0 Å². The summed E-state index contributed by atoms with van der Waals surface area (Å²) in [5.74, 6) is -0.706. The first-order valence-electron chi connectivity index (χ1n) is 9.35. The molecule has 0 saturated carbocycles. The van der Waals surface area contributed by atoms with Crippen molar-refractivity contribution in [2.45, 2.75) is 11.8 Å². The van der Waals surface area contributed by atoms with Gasteiger partial charge in [-0.2, -0.15) is 12.8 Å². The highest BCUT2D eigenvalue weighted by molar-refractivity contribution is 7.90. The molecule has 6 nitrogen and oxygen atoms in total. The molecule has 1 aliphatic rings. The second kappa shape index (κ2) is 8.04. The van der Waals surface area contributed by atoms with E-state index in [0.717, 1.165) is 11.1 Å². The largest absolute Gasteiger partial charge is 0.461 e. The lowest BCUT2D eigenvalue weighted by Crippen LogP contribution is -2.25. The van der Waals surface area contributed by atoms with Crippen LogP contribution in [0.4, 0.5) is 5.69 Å². The minimum Gasteiger partial charge on any atom is -0.461 e. The van der Waals surface area contributed by atoms with Crippen molar-refractivity contribution < 1.29 is 17.9 Å². The van der Waals surface area contributed by atoms with Crippen molar-refractivity contribution >= 4 is 33.1 Å². The summed E-state index contributed by atoms with van der Waals surface area (Å²) in [5.41, 5.74) is 2.72. The van der Waals surface area contributed by atoms with Crippen molar-refractivity contribution in [3.05, 3.63) is 84.4 Å². The van der Waals surface area contributed by atoms with Gasteiger partial charge in [0, 0.05) is 5.56 Å². The molecule has 0 fully saturated rings. The SMILES string of the molecule is CCOC(=O)C1=Nc2ccccc2/C1=N\S(=O)(=O)c1ccc(-c2ccccc2)cc1. The van der Waals surface area contributed by atoms with Crippen LogP contribution in [-0.4, -0.2) is 32.4 Å². The number of ether oxygens (including phenoxy) is 1. The molecule has 3 aromatic carbocycles. The number of nitrogens with zero attached hydrogens (tertiary/aromatic N) is 2. The van der Waals surface area contributed by atoms with Crippen LogP contribution in [0.3, 0.4) is 0 Å². The third-order valence-corrected chi connectivity index (χ3v) is 5.85. The van der Waals surface area contributed by atoms with E-state index in [2.05, 4.69) is 9.39 Å². The first-order valence-corrected chi connectivity index (χ1v) is 10.8. The van der Waals surface area contributed by atoms with E-state index < -0.39 is 16.0 Å². The van der Waals surface area contributed by atoms with E-state index in [1.54, 1.807) is 43.3 Å². The summed E-state index contributed by atoms with van der Waals surface area (Å²) in [6, 6.07) is 23.0. The maximum Gasteiger partial charge on any atom is 0.359 e. The zero-order valence-corrected chi connectivity index (χ0v) is 17.0. The Morgan fingerprint density at radius 3 is 2.23 bits per heavy atom. The fourth-order valence-electron chi connectivity index (χ4n) is 3.13. The molecule has 0 N–H and O–H groups in total. The van der Waals surface area contributed by atoms with Crippen LogP contribution < -0.4 is 0 Å². The third kappa shape index (κ3) is 3.79. The van der Waals surface area contributed by atoms with Crippen LogP contribution >= 0.6 is 0 Å². The fraction of sp³-hybridized carbons (Fsp3) is 0.0870. The van der Waals surface area contributed by atoms with E-state index in [1.807, 2.05) is 30.3 Å². The van der Waals surface area contributed by atoms with E-state index in [9.17, 15) is 13.2 Å². The number of benzene rings is 3. The molecule has 4 rings (SSSR count). The lowest BCUT2D eigenvalue weighted by atomic mass is 10.1. The van der Waals surface area contributed by atoms with Crippen molar-refractivity contribution in [1.29, 1.82) is 0 Å². The van der Waals surface area contributed by atoms with Crippen molar-refractivity contribution in [2.24, 2.45) is 9.39 Å². The van der Waals surface area contributed by atoms with Crippen LogP contribution in [0.15, 0.2) is 93.1 Å². The molecule has 0 aromatic heterocycles. The van der Waals surface area contributed by atoms with Gasteiger partial charge in [0.15, 0.2) is 5.71 Å². The summed E-state index contributed by atoms with van der Waals surface area (Å²) in [7, 11) is -4.07. The van der Waals surface area contributed by atoms with E-state index in [4.69, 9.17) is 4.74 Å². The van der Waals surface area contributed by atoms with Crippen LogP contribution in [0.5, 0.6) is 0 Å². The van der Waals surface area contributed by atoms with E-state index in [0.29, 0.717) is 11.3 Å². The Labute approximate surface area is 174 Å². The summed E-state index contributed by atoms with van der Waals surface area (Å²) >= 11 is 0. The summed E-state index contributed by atoms with van der Waals surface area (Å²) in [5, 5.41) is 0. The maximum atomic E-state index is 13.0. The van der Waals surface area contributed by atoms with Gasteiger partial charge in [0.1, 0.15) is 5.71 Å². The molecular weight excluding hydrogens is 400 g/mol. The Morgan fingerprint density at radius 2 is 1.53 bits per heavy atom. The highest BCUT2D eigenvalue weighted by atomic mass is 32.2. The van der Waals surface area contributed by atoms with Gasteiger partial charge in [-0.05, 0) is 36.2 Å². The number of carbonyl (C=O) groups excluding carboxylic acids is 1. The molecule has 0 unspecified atom stereocenters. The van der Waals surface area contributed by atoms with Gasteiger partial charge >= 0.3 is 5.97 Å². The van der Waals surface area contributed by atoms with Crippen LogP contribution in [0.1, 0.15) is 12.5 Å². The second-order valence-corrected chi connectivity index (χ2v) is 8.11. The number of aliphatic imine (C=N–C) groups is 1. The predicted molar refractivity (Wildman–Crippen MR) is 116 cm³/mol. The number of carbonyl (C=O) groups is 1. The van der Waals surface area contributed by atoms with Gasteiger partial charge in [-0.25, -0.2) is 9.79 Å². The molecule has 150 valence electrons. The minimum absolute atomic E-state index is 0.00353. The Hall–Kier alpha value is -3.58. The first kappa shape index (κ1) is 19.7. The van der Waals surface area contributed by atoms with Gasteiger partial charge in [0.05, 0.1) is 17.2 Å². The van der Waals surface area contributed by atoms with Gasteiger partial charge in [-0.15, -0.1) is 0 Å². The molecular formula is C23H18N2O4S. The third-order valence-electron chi connectivity index (χ3n) is 4.56. The van der Waals surface area contributed by atoms with Crippen molar-refractivity contribution in [2.75, 3.05) is 6.61 Å². The second-order valence-electron chi connectivity index (χ2n) is 6.50. The average Bonchev–Trinajstić information content (AvgIpc) is 3.13. The molecule has 0 aliphatic carbocycles. The summed E-state index contributed by atoms with van der Waals surface area (Å²) in [4.78, 5) is 16.6. The Balaban J connectivity index is 1.73. The highest BCUT2D eigenvalue weighted by Gasteiger charge is 2.31. The monoisotopic (exact) mass is 418 g/mol. The lowest BCUT2D eigenvalue weighted by Gasteiger charge is -2.06. The number of hydrogen-bond acceptors (Lipinski definition) is 5. The molecule has 0 spiro atoms. The predicted octanol–water partition coefficient (Wildman–Crippen LogP) is 4.18. The van der Waals surface area contributed by atoms with Gasteiger partial charge < -0.3 is 4.74 Å². The Morgan fingerprint density at radius 1 is 0.900 bits per heavy atom. The number of esters is 1. The minimum atomic E-state index is -4.07. The quantitative estimate of drug-likeness (QED) is 0.582. The van der Waals surface area contributed by atoms with E-state index in [-0.39, 0.29) is 22.9 Å². The first-order chi connectivity index (χ1) is 14.5. The molecule has 7 heteroatoms. The fourth-order valence-corrected chi connectivity index (χ4v) is 4.14. The Kier molecular flexibility index (Phi) is 5.29. The van der Waals surface area contributed by atoms with Crippen molar-refractivity contribution in [1.82, 2.24) is 0 Å². The molecule has 0 amide bonds. The lowest BCUT2D eigenvalue weighted by molar-refractivity contribution is -0.134. The molecule has 30 heavy (non-hydrogen) atoms. The topological polar surface area (TPSA) is 85.2 Å². The number of para-hydroxylation sites is 1. The summed E-state index contributed by atoms with van der Waals surface area (Å²) in [6.45, 7) is 1.82. The molecule has 0 saturated heterocycles. The number of hydrogen-bond donors (Lipinski definition) is 0. The van der Waals surface area contributed by atoms with Crippen LogP contribution in [0, 0.1) is 0 Å². The zero-order valence-electron chi connectivity index (χ0n) is 16.1. The summed E-state index contributed by atoms with van der Waals surface area (Å²) < 4.78 is 34.9. The number of fused-ring (bicyclic) bond motifs is 1. The zero-order chi connectivity index (χ0) is 21.1. The van der Waals surface area contributed by atoms with Gasteiger partial charge in [-0.1, -0.05) is 60.7 Å². The van der Waals surface area contributed by atoms with Crippen LogP contribution in [-0.2, 0) is 19.6 Å². The normalized spacial score (nSPS) is 14.3. The molecule has 0 bridgehead atoms. The highest BCUT2D eigenvalue weighted by Crippen LogP contribution is 2.29. The van der Waals surface area contributed by atoms with Gasteiger partial charge in [0.2, 0.25) is 0 Å². The van der Waals surface area contributed by atoms with Gasteiger partial charge in [-0.3, -0.25) is 0 Å². The van der Waals surface area contributed by atoms with E-state index in [1.165, 1.54) is 12.1 Å². The molecule has 0 atom stereocenters.